The minimum Gasteiger partial charge on any atom is -0.467 e. The fourth-order valence-corrected chi connectivity index (χ4v) is 3.17. The Bertz CT molecular complexity index is 998. The summed E-state index contributed by atoms with van der Waals surface area (Å²) in [5.74, 6) is 0.965. The van der Waals surface area contributed by atoms with Crippen LogP contribution in [0.2, 0.25) is 0 Å². The normalized spacial score (nSPS) is 14.8. The molecule has 0 atom stereocenters. The van der Waals surface area contributed by atoms with Gasteiger partial charge in [-0.2, -0.15) is 20.1 Å². The number of H-pyrrole nitrogens is 1. The third kappa shape index (κ3) is 4.35. The number of nitrogens with one attached hydrogen (secondary N) is 3. The molecule has 4 rings (SSSR count). The van der Waals surface area contributed by atoms with E-state index < -0.39 is 0 Å². The molecule has 1 saturated heterocycles. The number of piperazine rings is 1. The van der Waals surface area contributed by atoms with E-state index in [1.165, 1.54) is 7.11 Å². The van der Waals surface area contributed by atoms with E-state index in [1.807, 2.05) is 18.2 Å². The van der Waals surface area contributed by atoms with Gasteiger partial charge in [0.1, 0.15) is 0 Å². The Morgan fingerprint density at radius 1 is 1.21 bits per heavy atom. The Morgan fingerprint density at radius 3 is 2.79 bits per heavy atom. The monoisotopic (exact) mass is 397 g/mol. The zero-order chi connectivity index (χ0) is 20.2. The van der Waals surface area contributed by atoms with Gasteiger partial charge in [0, 0.05) is 44.3 Å². The van der Waals surface area contributed by atoms with Gasteiger partial charge in [-0.25, -0.2) is 0 Å². The molecule has 0 spiro atoms. The summed E-state index contributed by atoms with van der Waals surface area (Å²) >= 11 is 0. The number of amides is 1. The van der Waals surface area contributed by atoms with Crippen molar-refractivity contribution < 1.29 is 9.53 Å². The number of hydrogen-bond donors (Lipinski definition) is 3. The van der Waals surface area contributed by atoms with Crippen molar-refractivity contribution in [3.8, 4) is 6.01 Å². The molecule has 1 amide bonds. The van der Waals surface area contributed by atoms with Gasteiger partial charge in [-0.05, 0) is 18.2 Å². The van der Waals surface area contributed by atoms with Crippen molar-refractivity contribution in [2.24, 2.45) is 0 Å². The first kappa shape index (κ1) is 18.9. The van der Waals surface area contributed by atoms with Crippen LogP contribution in [0.5, 0.6) is 6.01 Å². The lowest BCUT2D eigenvalue weighted by molar-refractivity contribution is -0.121. The fourth-order valence-electron chi connectivity index (χ4n) is 3.17. The van der Waals surface area contributed by atoms with Crippen LogP contribution in [0.4, 0.5) is 17.6 Å². The van der Waals surface area contributed by atoms with E-state index in [4.69, 9.17) is 4.74 Å². The predicted molar refractivity (Wildman–Crippen MR) is 108 cm³/mol. The number of nitrogens with zero attached hydrogens (tertiary/aromatic N) is 6. The van der Waals surface area contributed by atoms with Crippen molar-refractivity contribution in [2.45, 2.75) is 0 Å². The summed E-state index contributed by atoms with van der Waals surface area (Å²) < 4.78 is 5.26. The molecule has 1 aliphatic rings. The Labute approximate surface area is 167 Å². The minimum atomic E-state index is 0.0151. The van der Waals surface area contributed by atoms with Crippen LogP contribution in [-0.2, 0) is 4.79 Å². The van der Waals surface area contributed by atoms with Crippen LogP contribution in [0.3, 0.4) is 0 Å². The van der Waals surface area contributed by atoms with Gasteiger partial charge in [-0.3, -0.25) is 14.8 Å². The molecule has 0 saturated carbocycles. The van der Waals surface area contributed by atoms with Crippen molar-refractivity contribution in [2.75, 3.05) is 57.1 Å². The lowest BCUT2D eigenvalue weighted by atomic mass is 10.2. The summed E-state index contributed by atoms with van der Waals surface area (Å²) in [7, 11) is 3.18. The van der Waals surface area contributed by atoms with Crippen molar-refractivity contribution in [3.63, 3.8) is 0 Å². The van der Waals surface area contributed by atoms with Gasteiger partial charge in [-0.1, -0.05) is 0 Å². The summed E-state index contributed by atoms with van der Waals surface area (Å²) in [6, 6.07) is 6.07. The van der Waals surface area contributed by atoms with Crippen LogP contribution in [0.25, 0.3) is 10.9 Å². The van der Waals surface area contributed by atoms with Gasteiger partial charge in [0.05, 0.1) is 25.4 Å². The number of fused-ring (bicyclic) bond motifs is 1. The number of likely N-dealkylation sites (N-methyl/N-ethyl adjacent to an activating group) is 1. The smallest absolute Gasteiger partial charge is 0.322 e. The quantitative estimate of drug-likeness (QED) is 0.541. The average molecular weight is 397 g/mol. The second-order valence-corrected chi connectivity index (χ2v) is 6.68. The molecule has 1 aliphatic heterocycles. The number of aromatic nitrogens is 5. The third-order valence-corrected chi connectivity index (χ3v) is 4.78. The van der Waals surface area contributed by atoms with Crippen LogP contribution in [0.1, 0.15) is 0 Å². The van der Waals surface area contributed by atoms with Crippen LogP contribution >= 0.6 is 0 Å². The van der Waals surface area contributed by atoms with Crippen LogP contribution < -0.4 is 20.3 Å². The maximum atomic E-state index is 11.6. The van der Waals surface area contributed by atoms with E-state index in [1.54, 1.807) is 13.2 Å². The molecule has 0 unspecified atom stereocenters. The van der Waals surface area contributed by atoms with Crippen LogP contribution in [0, 0.1) is 0 Å². The molecule has 0 aliphatic carbocycles. The van der Waals surface area contributed by atoms with Gasteiger partial charge < -0.3 is 20.3 Å². The molecular formula is C18H23N9O2. The number of rotatable bonds is 6. The Morgan fingerprint density at radius 2 is 2.03 bits per heavy atom. The number of hydrogen-bond acceptors (Lipinski definition) is 9. The van der Waals surface area contributed by atoms with Crippen LogP contribution in [-0.4, -0.2) is 82.8 Å². The van der Waals surface area contributed by atoms with Gasteiger partial charge in [-0.15, -0.1) is 0 Å². The summed E-state index contributed by atoms with van der Waals surface area (Å²) in [6.45, 7) is 3.33. The van der Waals surface area contributed by atoms with E-state index in [-0.39, 0.29) is 11.9 Å². The Hall–Kier alpha value is -3.47. The van der Waals surface area contributed by atoms with E-state index in [2.05, 4.69) is 45.6 Å². The molecule has 3 aromatic rings. The third-order valence-electron chi connectivity index (χ3n) is 4.78. The molecule has 0 radical (unpaired) electrons. The number of benzene rings is 1. The number of methoxy groups -OCH3 is 1. The van der Waals surface area contributed by atoms with Gasteiger partial charge in [0.2, 0.25) is 17.8 Å². The molecule has 3 N–H and O–H groups in total. The van der Waals surface area contributed by atoms with Gasteiger partial charge in [0.15, 0.2) is 0 Å². The Kier molecular flexibility index (Phi) is 5.38. The summed E-state index contributed by atoms with van der Waals surface area (Å²) in [5.41, 5.74) is 1.80. The van der Waals surface area contributed by atoms with Crippen molar-refractivity contribution >= 4 is 34.4 Å². The lowest BCUT2D eigenvalue weighted by Gasteiger charge is -2.34. The molecule has 1 fully saturated rings. The summed E-state index contributed by atoms with van der Waals surface area (Å²) in [5, 5.41) is 13.8. The van der Waals surface area contributed by atoms with E-state index in [0.717, 1.165) is 29.7 Å². The Balaban J connectivity index is 1.49. The molecule has 11 heteroatoms. The molecule has 2 aromatic heterocycles. The maximum absolute atomic E-state index is 11.6. The van der Waals surface area contributed by atoms with Gasteiger partial charge >= 0.3 is 6.01 Å². The zero-order valence-electron chi connectivity index (χ0n) is 16.3. The van der Waals surface area contributed by atoms with E-state index in [9.17, 15) is 4.79 Å². The van der Waals surface area contributed by atoms with E-state index in [0.29, 0.717) is 31.5 Å². The van der Waals surface area contributed by atoms with E-state index >= 15 is 0 Å². The SMILES string of the molecule is CNC(=O)CN1CCN(c2nc(Nc3ccc4[nH]ncc4c3)nc(OC)n2)CC1. The number of ether oxygens (including phenoxy) is 1. The summed E-state index contributed by atoms with van der Waals surface area (Å²) in [4.78, 5) is 29.0. The molecule has 152 valence electrons. The molecule has 11 nitrogen and oxygen atoms in total. The molecule has 0 bridgehead atoms. The maximum Gasteiger partial charge on any atom is 0.322 e. The highest BCUT2D eigenvalue weighted by molar-refractivity contribution is 5.82. The first-order chi connectivity index (χ1) is 14.1. The second-order valence-electron chi connectivity index (χ2n) is 6.68. The number of carbonyl (C=O) groups excluding carboxylic acids is 1. The highest BCUT2D eigenvalue weighted by atomic mass is 16.5. The average Bonchev–Trinajstić information content (AvgIpc) is 3.21. The topological polar surface area (TPSA) is 124 Å². The van der Waals surface area contributed by atoms with Crippen LogP contribution in [0.15, 0.2) is 24.4 Å². The lowest BCUT2D eigenvalue weighted by Crippen LogP contribution is -2.49. The predicted octanol–water partition coefficient (Wildman–Crippen LogP) is 0.368. The van der Waals surface area contributed by atoms with Crippen molar-refractivity contribution in [1.82, 2.24) is 35.4 Å². The van der Waals surface area contributed by atoms with Crippen molar-refractivity contribution in [1.29, 1.82) is 0 Å². The number of carbonyl (C=O) groups is 1. The molecular weight excluding hydrogens is 374 g/mol. The highest BCUT2D eigenvalue weighted by Gasteiger charge is 2.22. The summed E-state index contributed by atoms with van der Waals surface area (Å²) in [6.07, 6.45) is 1.76. The molecule has 1 aromatic carbocycles. The highest BCUT2D eigenvalue weighted by Crippen LogP contribution is 2.22. The number of anilines is 3. The molecule has 29 heavy (non-hydrogen) atoms. The van der Waals surface area contributed by atoms with Gasteiger partial charge in [0.25, 0.3) is 0 Å². The number of aromatic amines is 1. The largest absolute Gasteiger partial charge is 0.467 e. The zero-order valence-corrected chi connectivity index (χ0v) is 16.3. The first-order valence-electron chi connectivity index (χ1n) is 9.32. The standard InChI is InChI=1S/C18H23N9O2/c1-19-15(28)11-26-5-7-27(8-6-26)17-22-16(23-18(24-17)29-2)21-13-3-4-14-12(9-13)10-20-25-14/h3-4,9-10H,5-8,11H2,1-2H3,(H,19,28)(H,20,25)(H,21,22,23,24). The fraction of sp³-hybridized carbons (Fsp3) is 0.389. The second kappa shape index (κ2) is 8.27. The first-order valence-corrected chi connectivity index (χ1v) is 9.32. The minimum absolute atomic E-state index is 0.0151. The van der Waals surface area contributed by atoms with Crippen molar-refractivity contribution in [3.05, 3.63) is 24.4 Å². The molecule has 3 heterocycles.